The number of hydrogen-bond acceptors (Lipinski definition) is 10. The van der Waals surface area contributed by atoms with Crippen molar-refractivity contribution in [3.63, 3.8) is 0 Å². The molecule has 0 unspecified atom stereocenters. The second kappa shape index (κ2) is 25.8. The Balaban J connectivity index is 1.32. The number of amides is 5. The van der Waals surface area contributed by atoms with Gasteiger partial charge in [-0.05, 0) is 86.4 Å². The minimum absolute atomic E-state index is 0.0259. The molecule has 3 aromatic carbocycles. The SMILES string of the molecule is CSCC[C@H](NC=O)C(=O)N[C@@H](CC(C)C)C(=O)N[C@@H](Cc1ccccc1)C(=O)N[C@@H](CCCCN(Cc1ccc2ccccc2n1)Cc1ccc2ccccc2n1)C(=O)NCC(=O)O. The van der Waals surface area contributed by atoms with Crippen LogP contribution in [0.15, 0.2) is 103 Å². The first kappa shape index (κ1) is 49.6. The van der Waals surface area contributed by atoms with Crippen LogP contribution in [0.4, 0.5) is 0 Å². The minimum atomic E-state index is -1.24. The number of carboxylic acids is 1. The summed E-state index contributed by atoms with van der Waals surface area (Å²) in [7, 11) is 0. The number of aromatic nitrogens is 2. The van der Waals surface area contributed by atoms with E-state index in [-0.39, 0.29) is 25.2 Å². The van der Waals surface area contributed by atoms with E-state index >= 15 is 0 Å². The van der Waals surface area contributed by atoms with Crippen LogP contribution in [0.2, 0.25) is 0 Å². The van der Waals surface area contributed by atoms with Gasteiger partial charge >= 0.3 is 5.97 Å². The van der Waals surface area contributed by atoms with E-state index < -0.39 is 60.3 Å². The highest BCUT2D eigenvalue weighted by molar-refractivity contribution is 7.98. The summed E-state index contributed by atoms with van der Waals surface area (Å²) in [5.41, 5.74) is 4.29. The van der Waals surface area contributed by atoms with Gasteiger partial charge in [0.1, 0.15) is 30.7 Å². The molecular weight excluding hydrogens is 845 g/mol. The monoisotopic (exact) mass is 904 g/mol. The van der Waals surface area contributed by atoms with Crippen LogP contribution in [0, 0.1) is 5.92 Å². The van der Waals surface area contributed by atoms with Gasteiger partial charge in [-0.2, -0.15) is 11.8 Å². The maximum Gasteiger partial charge on any atom is 0.322 e. The van der Waals surface area contributed by atoms with Gasteiger partial charge in [-0.1, -0.05) is 92.7 Å². The number of para-hydroxylation sites is 2. The summed E-state index contributed by atoms with van der Waals surface area (Å²) in [6, 6.07) is 28.9. The highest BCUT2D eigenvalue weighted by Gasteiger charge is 2.31. The molecule has 0 spiro atoms. The second-order valence-electron chi connectivity index (χ2n) is 16.4. The number of hydrogen-bond donors (Lipinski definition) is 6. The molecular formula is C49H60N8O7S. The van der Waals surface area contributed by atoms with Crippen molar-refractivity contribution in [3.8, 4) is 0 Å². The summed E-state index contributed by atoms with van der Waals surface area (Å²) >= 11 is 1.52. The topological polar surface area (TPSA) is 212 Å². The highest BCUT2D eigenvalue weighted by atomic mass is 32.2. The fourth-order valence-corrected chi connectivity index (χ4v) is 7.96. The molecule has 5 rings (SSSR count). The molecule has 5 amide bonds. The lowest BCUT2D eigenvalue weighted by molar-refractivity contribution is -0.138. The van der Waals surface area contributed by atoms with Gasteiger partial charge in [0.2, 0.25) is 30.0 Å². The molecule has 5 aromatic rings. The van der Waals surface area contributed by atoms with E-state index in [1.165, 1.54) is 11.8 Å². The van der Waals surface area contributed by atoms with Crippen LogP contribution in [0.5, 0.6) is 0 Å². The molecule has 0 aliphatic rings. The van der Waals surface area contributed by atoms with E-state index in [1.807, 2.05) is 99.0 Å². The van der Waals surface area contributed by atoms with Crippen molar-refractivity contribution in [2.45, 2.75) is 89.6 Å². The highest BCUT2D eigenvalue weighted by Crippen LogP contribution is 2.18. The van der Waals surface area contributed by atoms with Crippen molar-refractivity contribution >= 4 is 69.6 Å². The zero-order valence-corrected chi connectivity index (χ0v) is 38.0. The summed E-state index contributed by atoms with van der Waals surface area (Å²) in [6.45, 7) is 4.81. The third kappa shape index (κ3) is 16.3. The van der Waals surface area contributed by atoms with E-state index in [9.17, 15) is 33.9 Å². The van der Waals surface area contributed by atoms with E-state index in [0.29, 0.717) is 51.1 Å². The normalized spacial score (nSPS) is 13.1. The van der Waals surface area contributed by atoms with E-state index in [1.54, 1.807) is 12.1 Å². The first-order chi connectivity index (χ1) is 31.4. The van der Waals surface area contributed by atoms with Crippen molar-refractivity contribution < 1.29 is 33.9 Å². The molecule has 0 saturated carbocycles. The van der Waals surface area contributed by atoms with Crippen molar-refractivity contribution in [2.24, 2.45) is 5.92 Å². The average molecular weight is 905 g/mol. The Hall–Kier alpha value is -6.39. The number of carboxylic acid groups (broad SMARTS) is 1. The number of thioether (sulfide) groups is 1. The number of aliphatic carboxylic acids is 1. The Bertz CT molecular complexity index is 2290. The van der Waals surface area contributed by atoms with Crippen LogP contribution < -0.4 is 26.6 Å². The summed E-state index contributed by atoms with van der Waals surface area (Å²) in [4.78, 5) is 90.0. The maximum absolute atomic E-state index is 14.3. The van der Waals surface area contributed by atoms with Crippen LogP contribution in [0.25, 0.3) is 21.8 Å². The summed E-state index contributed by atoms with van der Waals surface area (Å²) in [5.74, 6) is -3.12. The van der Waals surface area contributed by atoms with Gasteiger partial charge in [-0.3, -0.25) is 43.6 Å². The number of nitrogens with one attached hydrogen (secondary N) is 5. The van der Waals surface area contributed by atoms with Gasteiger partial charge < -0.3 is 31.7 Å². The number of benzene rings is 3. The predicted octanol–water partition coefficient (Wildman–Crippen LogP) is 4.77. The molecule has 0 aliphatic carbocycles. The zero-order valence-electron chi connectivity index (χ0n) is 37.2. The van der Waals surface area contributed by atoms with E-state index in [0.717, 1.165) is 38.8 Å². The number of fused-ring (bicyclic) bond motifs is 2. The van der Waals surface area contributed by atoms with Gasteiger partial charge in [0, 0.05) is 30.3 Å². The Morgan fingerprint density at radius 1 is 0.662 bits per heavy atom. The molecule has 0 bridgehead atoms. The summed E-state index contributed by atoms with van der Waals surface area (Å²) < 4.78 is 0. The lowest BCUT2D eigenvalue weighted by Crippen LogP contribution is -2.58. The number of carbonyl (C=O) groups is 6. The number of carbonyl (C=O) groups excluding carboxylic acids is 5. The van der Waals surface area contributed by atoms with Crippen LogP contribution >= 0.6 is 11.8 Å². The van der Waals surface area contributed by atoms with Gasteiger partial charge in [-0.15, -0.1) is 0 Å². The largest absolute Gasteiger partial charge is 0.480 e. The lowest BCUT2D eigenvalue weighted by atomic mass is 10.00. The molecule has 15 nitrogen and oxygen atoms in total. The fourth-order valence-electron chi connectivity index (χ4n) is 7.49. The molecule has 6 N–H and O–H groups in total. The van der Waals surface area contributed by atoms with Gasteiger partial charge in [0.15, 0.2) is 0 Å². The van der Waals surface area contributed by atoms with Crippen LogP contribution in [-0.2, 0) is 48.3 Å². The van der Waals surface area contributed by atoms with Crippen LogP contribution in [0.3, 0.4) is 0 Å². The number of unbranched alkanes of at least 4 members (excludes halogenated alkanes) is 1. The first-order valence-electron chi connectivity index (χ1n) is 22.0. The van der Waals surface area contributed by atoms with Crippen molar-refractivity contribution in [1.29, 1.82) is 0 Å². The lowest BCUT2D eigenvalue weighted by Gasteiger charge is -2.27. The van der Waals surface area contributed by atoms with Crippen molar-refractivity contribution in [1.82, 2.24) is 41.5 Å². The Labute approximate surface area is 384 Å². The Morgan fingerprint density at radius 2 is 1.22 bits per heavy atom. The molecule has 344 valence electrons. The molecule has 65 heavy (non-hydrogen) atoms. The average Bonchev–Trinajstić information content (AvgIpc) is 3.30. The number of rotatable bonds is 27. The van der Waals surface area contributed by atoms with Gasteiger partial charge in [-0.25, -0.2) is 0 Å². The molecule has 2 aromatic heterocycles. The van der Waals surface area contributed by atoms with Crippen molar-refractivity contribution in [3.05, 3.63) is 120 Å². The summed E-state index contributed by atoms with van der Waals surface area (Å²) in [6.07, 6.45) is 4.26. The molecule has 0 fully saturated rings. The quantitative estimate of drug-likeness (QED) is 0.0312. The summed E-state index contributed by atoms with van der Waals surface area (Å²) in [5, 5.41) is 24.8. The molecule has 16 heteroatoms. The fraction of sp³-hybridized carbons (Fsp3) is 0.388. The third-order valence-corrected chi connectivity index (χ3v) is 11.4. The molecule has 2 heterocycles. The second-order valence-corrected chi connectivity index (χ2v) is 17.4. The van der Waals surface area contributed by atoms with Crippen LogP contribution in [0.1, 0.15) is 62.9 Å². The third-order valence-electron chi connectivity index (χ3n) is 10.8. The predicted molar refractivity (Wildman–Crippen MR) is 253 cm³/mol. The number of pyridine rings is 2. The standard InChI is InChI=1S/C49H60N8O7S/c1-33(2)27-43(55-47(62)41(51-32-58)24-26-65-3)48(63)56-44(28-34-13-5-4-6-14-34)49(64)54-42(46(61)50-29-45(59)60)19-11-12-25-57(30-37-22-20-35-15-7-9-17-39(35)52-37)31-38-23-21-36-16-8-10-18-40(36)53-38/h4-10,13-18,20-23,32-33,41-44H,11-12,19,24-31H2,1-3H3,(H,50,61)(H,51,58)(H,54,64)(H,55,62)(H,56,63)(H,59,60)/t41-,42-,43-,44-/m0/s1. The molecule has 0 aliphatic heterocycles. The maximum atomic E-state index is 14.3. The number of nitrogens with zero attached hydrogens (tertiary/aromatic N) is 3. The first-order valence-corrected chi connectivity index (χ1v) is 23.4. The Kier molecular flexibility index (Phi) is 19.7. The smallest absolute Gasteiger partial charge is 0.322 e. The molecule has 0 radical (unpaired) electrons. The minimum Gasteiger partial charge on any atom is -0.480 e. The zero-order chi connectivity index (χ0) is 46.6. The van der Waals surface area contributed by atoms with Gasteiger partial charge in [0.05, 0.1) is 22.4 Å². The molecule has 0 saturated heterocycles. The van der Waals surface area contributed by atoms with E-state index in [4.69, 9.17) is 9.97 Å². The van der Waals surface area contributed by atoms with Crippen LogP contribution in [-0.4, -0.2) is 105 Å². The van der Waals surface area contributed by atoms with Crippen molar-refractivity contribution in [2.75, 3.05) is 25.1 Å². The van der Waals surface area contributed by atoms with Gasteiger partial charge in [0.25, 0.3) is 0 Å². The molecule has 4 atom stereocenters. The van der Waals surface area contributed by atoms with E-state index in [2.05, 4.69) is 43.6 Å². The Morgan fingerprint density at radius 3 is 1.80 bits per heavy atom.